The largest absolute Gasteiger partial charge is 0.478 e. The fourth-order valence-electron chi connectivity index (χ4n) is 2.19. The molecule has 1 saturated heterocycles. The van der Waals surface area contributed by atoms with E-state index in [1.807, 2.05) is 0 Å². The standard InChI is InChI=1S/C13H16F2N2O2/c14-11-9(13(18)19)1-2-10(12(11)15)17-7-8-3-5-16-6-4-8/h1-2,8,16-17H,3-7H2,(H,18,19). The van der Waals surface area contributed by atoms with Crippen LogP contribution in [0, 0.1) is 17.6 Å². The predicted octanol–water partition coefficient (Wildman–Crippen LogP) is 2.07. The maximum atomic E-state index is 13.7. The molecule has 0 amide bonds. The third kappa shape index (κ3) is 3.20. The average molecular weight is 270 g/mol. The second-order valence-electron chi connectivity index (χ2n) is 4.67. The summed E-state index contributed by atoms with van der Waals surface area (Å²) in [5, 5.41) is 14.8. The van der Waals surface area contributed by atoms with Crippen LogP contribution in [-0.2, 0) is 0 Å². The van der Waals surface area contributed by atoms with Crippen molar-refractivity contribution in [2.24, 2.45) is 5.92 Å². The summed E-state index contributed by atoms with van der Waals surface area (Å²) in [4.78, 5) is 10.7. The second-order valence-corrected chi connectivity index (χ2v) is 4.67. The lowest BCUT2D eigenvalue weighted by Gasteiger charge is -2.23. The SMILES string of the molecule is O=C(O)c1ccc(NCC2CCNCC2)c(F)c1F. The first-order valence-electron chi connectivity index (χ1n) is 6.25. The van der Waals surface area contributed by atoms with Crippen LogP contribution in [0.25, 0.3) is 0 Å². The minimum Gasteiger partial charge on any atom is -0.478 e. The lowest BCUT2D eigenvalue weighted by atomic mass is 9.98. The van der Waals surface area contributed by atoms with Gasteiger partial charge in [-0.2, -0.15) is 0 Å². The number of hydrogen-bond donors (Lipinski definition) is 3. The van der Waals surface area contributed by atoms with E-state index in [1.54, 1.807) is 0 Å². The first kappa shape index (κ1) is 13.7. The Hall–Kier alpha value is -1.69. The summed E-state index contributed by atoms with van der Waals surface area (Å²) in [6.45, 7) is 2.42. The molecule has 3 N–H and O–H groups in total. The number of aromatic carboxylic acids is 1. The first-order chi connectivity index (χ1) is 9.09. The number of hydrogen-bond acceptors (Lipinski definition) is 3. The number of halogens is 2. The van der Waals surface area contributed by atoms with Crippen molar-refractivity contribution in [2.75, 3.05) is 25.0 Å². The fraction of sp³-hybridized carbons (Fsp3) is 0.462. The lowest BCUT2D eigenvalue weighted by Crippen LogP contribution is -2.31. The van der Waals surface area contributed by atoms with Crippen molar-refractivity contribution in [3.05, 3.63) is 29.3 Å². The molecule has 0 saturated carbocycles. The zero-order valence-electron chi connectivity index (χ0n) is 10.4. The Bertz CT molecular complexity index is 474. The lowest BCUT2D eigenvalue weighted by molar-refractivity contribution is 0.0690. The number of piperidine rings is 1. The van der Waals surface area contributed by atoms with Crippen LogP contribution in [0.2, 0.25) is 0 Å². The van der Waals surface area contributed by atoms with Crippen LogP contribution in [0.1, 0.15) is 23.2 Å². The molecule has 4 nitrogen and oxygen atoms in total. The summed E-state index contributed by atoms with van der Waals surface area (Å²) >= 11 is 0. The molecule has 6 heteroatoms. The van der Waals surface area contributed by atoms with Crippen LogP contribution in [0.5, 0.6) is 0 Å². The van der Waals surface area contributed by atoms with Crippen LogP contribution in [-0.4, -0.2) is 30.7 Å². The molecule has 0 aliphatic carbocycles. The smallest absolute Gasteiger partial charge is 0.338 e. The van der Waals surface area contributed by atoms with Gasteiger partial charge in [0.2, 0.25) is 0 Å². The highest BCUT2D eigenvalue weighted by atomic mass is 19.2. The van der Waals surface area contributed by atoms with Gasteiger partial charge in [0.1, 0.15) is 0 Å². The zero-order valence-corrected chi connectivity index (χ0v) is 10.4. The highest BCUT2D eigenvalue weighted by Gasteiger charge is 2.19. The molecule has 1 aliphatic rings. The van der Waals surface area contributed by atoms with E-state index < -0.39 is 23.2 Å². The van der Waals surface area contributed by atoms with Gasteiger partial charge in [-0.15, -0.1) is 0 Å². The molecule has 2 rings (SSSR count). The fourth-order valence-corrected chi connectivity index (χ4v) is 2.19. The van der Waals surface area contributed by atoms with Crippen molar-refractivity contribution in [3.8, 4) is 0 Å². The summed E-state index contributed by atoms with van der Waals surface area (Å²) in [6.07, 6.45) is 1.98. The molecule has 0 unspecified atom stereocenters. The second kappa shape index (κ2) is 5.97. The van der Waals surface area contributed by atoms with Crippen LogP contribution in [0.4, 0.5) is 14.5 Å². The van der Waals surface area contributed by atoms with Crippen molar-refractivity contribution < 1.29 is 18.7 Å². The summed E-state index contributed by atoms with van der Waals surface area (Å²) in [5.74, 6) is -3.50. The Morgan fingerprint density at radius 2 is 2.00 bits per heavy atom. The zero-order chi connectivity index (χ0) is 13.8. The summed E-state index contributed by atoms with van der Waals surface area (Å²) in [7, 11) is 0. The van der Waals surface area contributed by atoms with Crippen molar-refractivity contribution in [3.63, 3.8) is 0 Å². The van der Waals surface area contributed by atoms with Crippen LogP contribution < -0.4 is 10.6 Å². The molecule has 19 heavy (non-hydrogen) atoms. The van der Waals surface area contributed by atoms with Gasteiger partial charge in [-0.1, -0.05) is 0 Å². The number of anilines is 1. The number of benzene rings is 1. The van der Waals surface area contributed by atoms with E-state index in [0.29, 0.717) is 12.5 Å². The van der Waals surface area contributed by atoms with Gasteiger partial charge in [-0.25, -0.2) is 13.6 Å². The van der Waals surface area contributed by atoms with Crippen molar-refractivity contribution in [2.45, 2.75) is 12.8 Å². The van der Waals surface area contributed by atoms with Gasteiger partial charge in [-0.3, -0.25) is 0 Å². The van der Waals surface area contributed by atoms with Crippen LogP contribution in [0.3, 0.4) is 0 Å². The van der Waals surface area contributed by atoms with E-state index >= 15 is 0 Å². The number of carboxylic acid groups (broad SMARTS) is 1. The predicted molar refractivity (Wildman–Crippen MR) is 67.4 cm³/mol. The number of carboxylic acids is 1. The van der Waals surface area contributed by atoms with E-state index in [0.717, 1.165) is 32.0 Å². The maximum absolute atomic E-state index is 13.7. The number of nitrogens with one attached hydrogen (secondary N) is 2. The average Bonchev–Trinajstić information content (AvgIpc) is 2.41. The van der Waals surface area contributed by atoms with Crippen molar-refractivity contribution >= 4 is 11.7 Å². The van der Waals surface area contributed by atoms with Gasteiger partial charge >= 0.3 is 5.97 Å². The molecule has 1 aliphatic heterocycles. The first-order valence-corrected chi connectivity index (χ1v) is 6.25. The monoisotopic (exact) mass is 270 g/mol. The van der Waals surface area contributed by atoms with E-state index in [-0.39, 0.29) is 5.69 Å². The van der Waals surface area contributed by atoms with Gasteiger partial charge in [0, 0.05) is 6.54 Å². The Morgan fingerprint density at radius 1 is 1.32 bits per heavy atom. The van der Waals surface area contributed by atoms with E-state index in [9.17, 15) is 13.6 Å². The number of carbonyl (C=O) groups is 1. The van der Waals surface area contributed by atoms with E-state index in [1.165, 1.54) is 6.07 Å². The quantitative estimate of drug-likeness (QED) is 0.784. The van der Waals surface area contributed by atoms with Crippen LogP contribution in [0.15, 0.2) is 12.1 Å². The van der Waals surface area contributed by atoms with E-state index in [2.05, 4.69) is 10.6 Å². The number of rotatable bonds is 4. The van der Waals surface area contributed by atoms with E-state index in [4.69, 9.17) is 5.11 Å². The summed E-state index contributed by atoms with van der Waals surface area (Å²) in [6, 6.07) is 2.34. The summed E-state index contributed by atoms with van der Waals surface area (Å²) < 4.78 is 27.1. The van der Waals surface area contributed by atoms with Crippen LogP contribution >= 0.6 is 0 Å². The molecule has 0 atom stereocenters. The molecule has 0 bridgehead atoms. The Labute approximate surface area is 109 Å². The van der Waals surface area contributed by atoms with Gasteiger partial charge in [0.25, 0.3) is 0 Å². The van der Waals surface area contributed by atoms with Gasteiger partial charge in [0.05, 0.1) is 11.3 Å². The van der Waals surface area contributed by atoms with Gasteiger partial charge in [0.15, 0.2) is 11.6 Å². The topological polar surface area (TPSA) is 61.4 Å². The molecule has 0 spiro atoms. The molecule has 0 aromatic heterocycles. The molecular weight excluding hydrogens is 254 g/mol. The molecule has 1 aromatic rings. The molecule has 1 aromatic carbocycles. The Kier molecular flexibility index (Phi) is 4.31. The van der Waals surface area contributed by atoms with Gasteiger partial charge < -0.3 is 15.7 Å². The molecule has 1 fully saturated rings. The Morgan fingerprint density at radius 3 is 2.63 bits per heavy atom. The molecule has 1 heterocycles. The highest BCUT2D eigenvalue weighted by Crippen LogP contribution is 2.22. The molecule has 0 radical (unpaired) electrons. The maximum Gasteiger partial charge on any atom is 0.338 e. The van der Waals surface area contributed by atoms with Gasteiger partial charge in [-0.05, 0) is 44.0 Å². The minimum atomic E-state index is -1.47. The normalized spacial score (nSPS) is 16.3. The third-order valence-electron chi connectivity index (χ3n) is 3.35. The van der Waals surface area contributed by atoms with Crippen molar-refractivity contribution in [1.29, 1.82) is 0 Å². The summed E-state index contributed by atoms with van der Waals surface area (Å²) in [5.41, 5.74) is -0.633. The minimum absolute atomic E-state index is 0.0148. The Balaban J connectivity index is 2.04. The third-order valence-corrected chi connectivity index (χ3v) is 3.35. The molecular formula is C13H16F2N2O2. The molecule has 104 valence electrons. The van der Waals surface area contributed by atoms with Crippen molar-refractivity contribution in [1.82, 2.24) is 5.32 Å². The highest BCUT2D eigenvalue weighted by molar-refractivity contribution is 5.88.